The number of carbonyl (C=O) groups excluding carboxylic acids is 1. The van der Waals surface area contributed by atoms with Crippen molar-refractivity contribution in [3.8, 4) is 17.1 Å². The number of amides is 1. The van der Waals surface area contributed by atoms with Gasteiger partial charge in [-0.1, -0.05) is 24.3 Å². The van der Waals surface area contributed by atoms with Crippen molar-refractivity contribution in [2.45, 2.75) is 52.4 Å². The molecule has 4 rings (SSSR count). The smallest absolute Gasteiger partial charge is 0.410 e. The predicted molar refractivity (Wildman–Crippen MR) is 139 cm³/mol. The highest BCUT2D eigenvalue weighted by atomic mass is 16.6. The monoisotopic (exact) mass is 496 g/mol. The van der Waals surface area contributed by atoms with Crippen LogP contribution in [0, 0.1) is 6.92 Å². The number of ether oxygens (including phenoxy) is 4. The Kier molecular flexibility index (Phi) is 8.16. The summed E-state index contributed by atoms with van der Waals surface area (Å²) < 4.78 is 24.0. The van der Waals surface area contributed by atoms with Gasteiger partial charge < -0.3 is 28.4 Å². The second-order valence-corrected chi connectivity index (χ2v) is 9.58. The largest absolute Gasteiger partial charge is 0.476 e. The van der Waals surface area contributed by atoms with Crippen LogP contribution in [0.3, 0.4) is 0 Å². The summed E-state index contributed by atoms with van der Waals surface area (Å²) in [4.78, 5) is 26.8. The molecular weight excluding hydrogens is 460 g/mol. The lowest BCUT2D eigenvalue weighted by molar-refractivity contribution is -0.000948. The van der Waals surface area contributed by atoms with E-state index in [9.17, 15) is 9.59 Å². The van der Waals surface area contributed by atoms with Gasteiger partial charge >= 0.3 is 6.09 Å². The average Bonchev–Trinajstić information content (AvgIpc) is 2.88. The van der Waals surface area contributed by atoms with Crippen LogP contribution in [0.15, 0.2) is 35.1 Å². The number of rotatable bonds is 8. The molecule has 1 aromatic carbocycles. The summed E-state index contributed by atoms with van der Waals surface area (Å²) in [5, 5.41) is 0. The standard InChI is InChI=1S/C28H36N2O6/c1-18(2)36-28(32)29-11-8-20(9-12-29)21-6-7-24-22(14-21)10-13-30-26(15-25(31)19(3)27(24)30)35-17-23(34-5)16-33-4/h6-8,14-15,18,23H,9-13,16-17H2,1-5H3/t23-/m0/s1. The molecule has 0 saturated carbocycles. The van der Waals surface area contributed by atoms with Gasteiger partial charge in [0.2, 0.25) is 0 Å². The van der Waals surface area contributed by atoms with Crippen molar-refractivity contribution in [1.82, 2.24) is 9.47 Å². The molecule has 0 saturated heterocycles. The van der Waals surface area contributed by atoms with Gasteiger partial charge in [-0.25, -0.2) is 4.79 Å². The molecule has 1 amide bonds. The molecule has 8 nitrogen and oxygen atoms in total. The molecule has 2 aliphatic rings. The highest BCUT2D eigenvalue weighted by Crippen LogP contribution is 2.36. The van der Waals surface area contributed by atoms with Crippen LogP contribution in [0.2, 0.25) is 0 Å². The zero-order valence-electron chi connectivity index (χ0n) is 21.8. The minimum Gasteiger partial charge on any atom is -0.476 e. The molecule has 3 heterocycles. The second kappa shape index (κ2) is 11.3. The first-order valence-electron chi connectivity index (χ1n) is 12.5. The fourth-order valence-electron chi connectivity index (χ4n) is 4.80. The third kappa shape index (κ3) is 5.50. The molecule has 8 heteroatoms. The highest BCUT2D eigenvalue weighted by molar-refractivity contribution is 5.76. The number of pyridine rings is 1. The van der Waals surface area contributed by atoms with Crippen molar-refractivity contribution in [3.05, 3.63) is 57.3 Å². The van der Waals surface area contributed by atoms with Crippen LogP contribution < -0.4 is 10.2 Å². The van der Waals surface area contributed by atoms with Crippen molar-refractivity contribution >= 4 is 11.7 Å². The predicted octanol–water partition coefficient (Wildman–Crippen LogP) is 4.05. The van der Waals surface area contributed by atoms with E-state index in [1.807, 2.05) is 20.8 Å². The number of aromatic nitrogens is 1. The number of methoxy groups -OCH3 is 2. The maximum absolute atomic E-state index is 12.8. The van der Waals surface area contributed by atoms with Crippen molar-refractivity contribution in [2.24, 2.45) is 0 Å². The molecule has 194 valence electrons. The van der Waals surface area contributed by atoms with E-state index in [1.54, 1.807) is 25.2 Å². The van der Waals surface area contributed by atoms with Gasteiger partial charge in [-0.05, 0) is 50.3 Å². The van der Waals surface area contributed by atoms with E-state index in [0.717, 1.165) is 36.2 Å². The van der Waals surface area contributed by atoms with Crippen LogP contribution in [-0.4, -0.2) is 68.3 Å². The van der Waals surface area contributed by atoms with Crippen LogP contribution in [-0.2, 0) is 27.2 Å². The van der Waals surface area contributed by atoms with Gasteiger partial charge in [-0.2, -0.15) is 0 Å². The summed E-state index contributed by atoms with van der Waals surface area (Å²) in [5.74, 6) is 0.553. The van der Waals surface area contributed by atoms with Gasteiger partial charge in [0, 0.05) is 51.0 Å². The molecule has 2 aromatic rings. The first-order valence-corrected chi connectivity index (χ1v) is 12.5. The van der Waals surface area contributed by atoms with Crippen molar-refractivity contribution < 1.29 is 23.7 Å². The zero-order valence-corrected chi connectivity index (χ0v) is 21.8. The second-order valence-electron chi connectivity index (χ2n) is 9.58. The Hall–Kier alpha value is -3.10. The minimum absolute atomic E-state index is 0.0442. The van der Waals surface area contributed by atoms with Gasteiger partial charge in [0.25, 0.3) is 0 Å². The van der Waals surface area contributed by atoms with Gasteiger partial charge in [-0.15, -0.1) is 0 Å². The maximum Gasteiger partial charge on any atom is 0.410 e. The average molecular weight is 497 g/mol. The van der Waals surface area contributed by atoms with E-state index >= 15 is 0 Å². The van der Waals surface area contributed by atoms with Crippen molar-refractivity contribution in [1.29, 1.82) is 0 Å². The lowest BCUT2D eigenvalue weighted by Gasteiger charge is -2.29. The van der Waals surface area contributed by atoms with Crippen molar-refractivity contribution in [3.63, 3.8) is 0 Å². The number of hydrogen-bond acceptors (Lipinski definition) is 6. The molecule has 0 aliphatic carbocycles. The molecular formula is C28H36N2O6. The van der Waals surface area contributed by atoms with Gasteiger partial charge in [0.15, 0.2) is 11.3 Å². The first kappa shape index (κ1) is 26.0. The molecule has 0 unspecified atom stereocenters. The summed E-state index contributed by atoms with van der Waals surface area (Å²) in [5.41, 5.74) is 6.24. The number of nitrogens with zero attached hydrogens (tertiary/aromatic N) is 2. The van der Waals surface area contributed by atoms with Crippen LogP contribution in [0.25, 0.3) is 16.8 Å². The Bertz CT molecular complexity index is 1200. The van der Waals surface area contributed by atoms with Gasteiger partial charge in [0.1, 0.15) is 12.7 Å². The summed E-state index contributed by atoms with van der Waals surface area (Å²) >= 11 is 0. The van der Waals surface area contributed by atoms with Crippen LogP contribution >= 0.6 is 0 Å². The summed E-state index contributed by atoms with van der Waals surface area (Å²) in [6.45, 7) is 8.20. The quantitative estimate of drug-likeness (QED) is 0.549. The first-order chi connectivity index (χ1) is 17.3. The Morgan fingerprint density at radius 2 is 1.89 bits per heavy atom. The van der Waals surface area contributed by atoms with Crippen LogP contribution in [0.4, 0.5) is 4.79 Å². The van der Waals surface area contributed by atoms with E-state index in [0.29, 0.717) is 37.7 Å². The zero-order chi connectivity index (χ0) is 25.8. The molecule has 2 aliphatic heterocycles. The van der Waals surface area contributed by atoms with Gasteiger partial charge in [-0.3, -0.25) is 4.79 Å². The third-order valence-corrected chi connectivity index (χ3v) is 6.76. The Balaban J connectivity index is 1.58. The highest BCUT2D eigenvalue weighted by Gasteiger charge is 2.25. The number of carbonyl (C=O) groups is 1. The van der Waals surface area contributed by atoms with E-state index in [1.165, 1.54) is 11.1 Å². The molecule has 1 aromatic heterocycles. The molecule has 0 radical (unpaired) electrons. The summed E-state index contributed by atoms with van der Waals surface area (Å²) in [7, 11) is 3.24. The molecule has 0 N–H and O–H groups in total. The van der Waals surface area contributed by atoms with Crippen LogP contribution in [0.5, 0.6) is 5.88 Å². The van der Waals surface area contributed by atoms with E-state index in [4.69, 9.17) is 18.9 Å². The fourth-order valence-corrected chi connectivity index (χ4v) is 4.80. The van der Waals surface area contributed by atoms with E-state index in [2.05, 4.69) is 28.8 Å². The SMILES string of the molecule is COC[C@@H](COc1cc(=O)c(C)c2n1CCc1cc(C3=CCN(C(=O)OC(C)C)CC3)ccc1-2)OC. The number of hydrogen-bond donors (Lipinski definition) is 0. The maximum atomic E-state index is 12.8. The Morgan fingerprint density at radius 3 is 2.56 bits per heavy atom. The van der Waals surface area contributed by atoms with Crippen molar-refractivity contribution in [2.75, 3.05) is 40.5 Å². The van der Waals surface area contributed by atoms with E-state index in [-0.39, 0.29) is 23.7 Å². The van der Waals surface area contributed by atoms with Crippen LogP contribution in [0.1, 0.15) is 37.0 Å². The Morgan fingerprint density at radius 1 is 1.08 bits per heavy atom. The molecule has 1 atom stereocenters. The number of fused-ring (bicyclic) bond motifs is 3. The Labute approximate surface area is 212 Å². The molecule has 0 fully saturated rings. The van der Waals surface area contributed by atoms with E-state index < -0.39 is 0 Å². The molecule has 0 bridgehead atoms. The van der Waals surface area contributed by atoms with Gasteiger partial charge in [0.05, 0.1) is 18.4 Å². The topological polar surface area (TPSA) is 79.2 Å². The third-order valence-electron chi connectivity index (χ3n) is 6.76. The molecule has 36 heavy (non-hydrogen) atoms. The lowest BCUT2D eigenvalue weighted by Crippen LogP contribution is -2.36. The summed E-state index contributed by atoms with van der Waals surface area (Å²) in [6.07, 6.45) is 3.12. The lowest BCUT2D eigenvalue weighted by atomic mass is 9.90. The minimum atomic E-state index is -0.264. The number of aryl methyl sites for hydroxylation is 1. The fraction of sp³-hybridized carbons (Fsp3) is 0.500. The number of benzene rings is 1. The summed E-state index contributed by atoms with van der Waals surface area (Å²) in [6, 6.07) is 8.01. The molecule has 0 spiro atoms. The normalized spacial score (nSPS) is 15.7.